The molecular weight excluding hydrogens is 401 g/mol. The molecule has 1 saturated heterocycles. The van der Waals surface area contributed by atoms with Crippen molar-refractivity contribution in [2.45, 2.75) is 0 Å². The van der Waals surface area contributed by atoms with Crippen molar-refractivity contribution in [3.63, 3.8) is 0 Å². The van der Waals surface area contributed by atoms with Crippen molar-refractivity contribution in [1.29, 1.82) is 0 Å². The minimum absolute atomic E-state index is 0.0785. The van der Waals surface area contributed by atoms with Gasteiger partial charge < -0.3 is 19.7 Å². The second-order valence-electron chi connectivity index (χ2n) is 7.10. The monoisotopic (exact) mass is 427 g/mol. The van der Waals surface area contributed by atoms with Crippen LogP contribution in [0, 0.1) is 5.82 Å². The molecule has 0 bridgehead atoms. The van der Waals surface area contributed by atoms with Gasteiger partial charge in [-0.05, 0) is 48.0 Å². The summed E-state index contributed by atoms with van der Waals surface area (Å²) in [7, 11) is 3.14. The summed E-state index contributed by atoms with van der Waals surface area (Å²) in [5.41, 5.74) is 1.39. The van der Waals surface area contributed by atoms with E-state index in [0.29, 0.717) is 43.4 Å². The third-order valence-corrected chi connectivity index (χ3v) is 5.01. The molecule has 1 heterocycles. The molecule has 7 nitrogen and oxygen atoms in total. The van der Waals surface area contributed by atoms with E-state index in [0.717, 1.165) is 5.56 Å². The number of halogens is 1. The van der Waals surface area contributed by atoms with Crippen LogP contribution in [-0.2, 0) is 9.59 Å². The Hall–Kier alpha value is -3.39. The zero-order valence-corrected chi connectivity index (χ0v) is 17.6. The minimum Gasteiger partial charge on any atom is -0.493 e. The third-order valence-electron chi connectivity index (χ3n) is 5.01. The van der Waals surface area contributed by atoms with E-state index in [-0.39, 0.29) is 24.2 Å². The highest BCUT2D eigenvalue weighted by atomic mass is 19.1. The molecule has 164 valence electrons. The van der Waals surface area contributed by atoms with Gasteiger partial charge in [-0.2, -0.15) is 0 Å². The number of amides is 2. The van der Waals surface area contributed by atoms with E-state index in [4.69, 9.17) is 9.47 Å². The van der Waals surface area contributed by atoms with Gasteiger partial charge in [-0.15, -0.1) is 0 Å². The van der Waals surface area contributed by atoms with Crippen LogP contribution in [0.5, 0.6) is 11.5 Å². The van der Waals surface area contributed by atoms with E-state index in [2.05, 4.69) is 5.32 Å². The second kappa shape index (κ2) is 10.6. The fourth-order valence-corrected chi connectivity index (χ4v) is 3.29. The van der Waals surface area contributed by atoms with Crippen LogP contribution in [0.15, 0.2) is 48.5 Å². The Kier molecular flexibility index (Phi) is 7.61. The van der Waals surface area contributed by atoms with E-state index in [1.54, 1.807) is 37.3 Å². The summed E-state index contributed by atoms with van der Waals surface area (Å²) in [5, 5.41) is 2.75. The lowest BCUT2D eigenvalue weighted by Gasteiger charge is -2.33. The molecular formula is C23H26FN3O4. The first kappa shape index (κ1) is 22.3. The number of anilines is 1. The highest BCUT2D eigenvalue weighted by Crippen LogP contribution is 2.28. The zero-order valence-electron chi connectivity index (χ0n) is 17.6. The Morgan fingerprint density at radius 3 is 2.32 bits per heavy atom. The molecule has 0 saturated carbocycles. The van der Waals surface area contributed by atoms with Crippen LogP contribution >= 0.6 is 0 Å². The van der Waals surface area contributed by atoms with E-state index >= 15 is 0 Å². The SMILES string of the molecule is COc1ccc(/C=C/C(=O)N2CCN(CC(=O)Nc3ccc(F)cc3)CC2)cc1OC. The fourth-order valence-electron chi connectivity index (χ4n) is 3.29. The normalized spacial score (nSPS) is 14.5. The molecule has 8 heteroatoms. The van der Waals surface area contributed by atoms with Crippen LogP contribution < -0.4 is 14.8 Å². The number of hydrogen-bond acceptors (Lipinski definition) is 5. The molecule has 0 unspecified atom stereocenters. The Balaban J connectivity index is 1.46. The number of rotatable bonds is 7. The molecule has 0 spiro atoms. The molecule has 0 atom stereocenters. The van der Waals surface area contributed by atoms with Crippen molar-refractivity contribution in [2.75, 3.05) is 52.3 Å². The van der Waals surface area contributed by atoms with Gasteiger partial charge in [0.15, 0.2) is 11.5 Å². The molecule has 2 aromatic carbocycles. The Bertz CT molecular complexity index is 938. The van der Waals surface area contributed by atoms with Gasteiger partial charge in [0.1, 0.15) is 5.82 Å². The van der Waals surface area contributed by atoms with Crippen LogP contribution in [-0.4, -0.2) is 68.6 Å². The highest BCUT2D eigenvalue weighted by molar-refractivity contribution is 5.93. The standard InChI is InChI=1S/C23H26FN3O4/c1-30-20-9-3-17(15-21(20)31-2)4-10-23(29)27-13-11-26(12-14-27)16-22(28)25-19-7-5-18(24)6-8-19/h3-10,15H,11-14,16H2,1-2H3,(H,25,28)/b10-4+. The molecule has 31 heavy (non-hydrogen) atoms. The number of carbonyl (C=O) groups excluding carboxylic acids is 2. The molecule has 1 fully saturated rings. The van der Waals surface area contributed by atoms with Crippen LogP contribution in [0.2, 0.25) is 0 Å². The molecule has 2 amide bonds. The van der Waals surface area contributed by atoms with Crippen LogP contribution in [0.25, 0.3) is 6.08 Å². The number of benzene rings is 2. The molecule has 1 aliphatic rings. The summed E-state index contributed by atoms with van der Waals surface area (Å²) in [6.07, 6.45) is 3.28. The number of piperazine rings is 1. The predicted molar refractivity (Wildman–Crippen MR) is 117 cm³/mol. The lowest BCUT2D eigenvalue weighted by Crippen LogP contribution is -2.50. The molecule has 1 N–H and O–H groups in total. The van der Waals surface area contributed by atoms with Gasteiger partial charge >= 0.3 is 0 Å². The number of methoxy groups -OCH3 is 2. The zero-order chi connectivity index (χ0) is 22.2. The Labute approximate surface area is 181 Å². The maximum atomic E-state index is 12.9. The molecule has 0 aliphatic carbocycles. The first-order valence-corrected chi connectivity index (χ1v) is 9.95. The quantitative estimate of drug-likeness (QED) is 0.688. The van der Waals surface area contributed by atoms with Crippen LogP contribution in [0.1, 0.15) is 5.56 Å². The van der Waals surface area contributed by atoms with Gasteiger partial charge in [0.25, 0.3) is 0 Å². The lowest BCUT2D eigenvalue weighted by atomic mass is 10.2. The maximum Gasteiger partial charge on any atom is 0.246 e. The molecule has 1 aliphatic heterocycles. The molecule has 3 rings (SSSR count). The van der Waals surface area contributed by atoms with E-state index in [1.807, 2.05) is 11.0 Å². The minimum atomic E-state index is -0.348. The first-order valence-electron chi connectivity index (χ1n) is 9.95. The van der Waals surface area contributed by atoms with Crippen molar-refractivity contribution in [3.05, 3.63) is 59.9 Å². The Morgan fingerprint density at radius 2 is 1.68 bits per heavy atom. The van der Waals surface area contributed by atoms with E-state index < -0.39 is 0 Å². The van der Waals surface area contributed by atoms with Gasteiger partial charge in [0, 0.05) is 37.9 Å². The second-order valence-corrected chi connectivity index (χ2v) is 7.10. The largest absolute Gasteiger partial charge is 0.493 e. The van der Waals surface area contributed by atoms with Crippen molar-refractivity contribution in [2.24, 2.45) is 0 Å². The lowest BCUT2D eigenvalue weighted by molar-refractivity contribution is -0.127. The molecule has 0 aromatic heterocycles. The van der Waals surface area contributed by atoms with Crippen LogP contribution in [0.3, 0.4) is 0 Å². The number of nitrogens with one attached hydrogen (secondary N) is 1. The summed E-state index contributed by atoms with van der Waals surface area (Å²) in [6.45, 7) is 2.51. The Morgan fingerprint density at radius 1 is 1.00 bits per heavy atom. The topological polar surface area (TPSA) is 71.1 Å². The van der Waals surface area contributed by atoms with Gasteiger partial charge in [0.2, 0.25) is 11.8 Å². The van der Waals surface area contributed by atoms with Crippen molar-refractivity contribution >= 4 is 23.6 Å². The summed E-state index contributed by atoms with van der Waals surface area (Å²) >= 11 is 0. The number of carbonyl (C=O) groups is 2. The van der Waals surface area contributed by atoms with Crippen molar-refractivity contribution in [3.8, 4) is 11.5 Å². The van der Waals surface area contributed by atoms with E-state index in [1.165, 1.54) is 30.3 Å². The first-order chi connectivity index (χ1) is 15.0. The smallest absolute Gasteiger partial charge is 0.246 e. The summed E-state index contributed by atoms with van der Waals surface area (Å²) in [4.78, 5) is 28.4. The molecule has 0 radical (unpaired) electrons. The number of nitrogens with zero attached hydrogens (tertiary/aromatic N) is 2. The summed E-state index contributed by atoms with van der Waals surface area (Å²) < 4.78 is 23.4. The number of ether oxygens (including phenoxy) is 2. The maximum absolute atomic E-state index is 12.9. The highest BCUT2D eigenvalue weighted by Gasteiger charge is 2.21. The van der Waals surface area contributed by atoms with E-state index in [9.17, 15) is 14.0 Å². The molecule has 2 aromatic rings. The predicted octanol–water partition coefficient (Wildman–Crippen LogP) is 2.64. The fraction of sp³-hybridized carbons (Fsp3) is 0.304. The van der Waals surface area contributed by atoms with Gasteiger partial charge in [-0.1, -0.05) is 6.07 Å². The summed E-state index contributed by atoms with van der Waals surface area (Å²) in [5.74, 6) is 0.638. The average molecular weight is 427 g/mol. The van der Waals surface area contributed by atoms with Crippen molar-refractivity contribution < 1.29 is 23.5 Å². The average Bonchev–Trinajstić information content (AvgIpc) is 2.79. The third kappa shape index (κ3) is 6.29. The van der Waals surface area contributed by atoms with Crippen LogP contribution in [0.4, 0.5) is 10.1 Å². The van der Waals surface area contributed by atoms with Crippen molar-refractivity contribution in [1.82, 2.24) is 9.80 Å². The van der Waals surface area contributed by atoms with Gasteiger partial charge in [0.05, 0.1) is 20.8 Å². The number of hydrogen-bond donors (Lipinski definition) is 1. The van der Waals surface area contributed by atoms with Gasteiger partial charge in [-0.3, -0.25) is 14.5 Å². The summed E-state index contributed by atoms with van der Waals surface area (Å²) in [6, 6.07) is 11.1. The van der Waals surface area contributed by atoms with Gasteiger partial charge in [-0.25, -0.2) is 4.39 Å².